The van der Waals surface area contributed by atoms with Crippen LogP contribution in [0.15, 0.2) is 24.4 Å². The second kappa shape index (κ2) is 7.83. The number of H-pyrrole nitrogens is 1. The Morgan fingerprint density at radius 2 is 2.08 bits per heavy atom. The van der Waals surface area contributed by atoms with E-state index in [1.165, 1.54) is 6.20 Å². The summed E-state index contributed by atoms with van der Waals surface area (Å²) in [6.07, 6.45) is 1.46. The lowest BCUT2D eigenvalue weighted by molar-refractivity contribution is 0.0897. The second-order valence-corrected chi connectivity index (χ2v) is 5.73. The lowest BCUT2D eigenvalue weighted by Crippen LogP contribution is -2.41. The van der Waals surface area contributed by atoms with Crippen LogP contribution in [0, 0.1) is 5.92 Å². The van der Waals surface area contributed by atoms with Gasteiger partial charge in [-0.3, -0.25) is 9.89 Å². The van der Waals surface area contributed by atoms with Crippen LogP contribution in [0.5, 0.6) is 11.5 Å². The molecule has 2 aromatic rings. The number of ether oxygens (including phenoxy) is 2. The highest BCUT2D eigenvalue weighted by Gasteiger charge is 2.22. The number of amides is 1. The molecule has 7 heteroatoms. The summed E-state index contributed by atoms with van der Waals surface area (Å²) in [5.41, 5.74) is 1.64. The minimum Gasteiger partial charge on any atom is -0.497 e. The van der Waals surface area contributed by atoms with Crippen LogP contribution in [0.3, 0.4) is 0 Å². The number of methoxy groups -OCH3 is 2. The van der Waals surface area contributed by atoms with Crippen LogP contribution >= 0.6 is 0 Å². The van der Waals surface area contributed by atoms with Gasteiger partial charge in [0.1, 0.15) is 11.5 Å². The lowest BCUT2D eigenvalue weighted by Gasteiger charge is -2.20. The lowest BCUT2D eigenvalue weighted by atomic mass is 10.0. The van der Waals surface area contributed by atoms with Crippen molar-refractivity contribution in [2.45, 2.75) is 19.9 Å². The van der Waals surface area contributed by atoms with Crippen molar-refractivity contribution in [3.8, 4) is 22.8 Å². The summed E-state index contributed by atoms with van der Waals surface area (Å²) in [7, 11) is 3.12. The Kier molecular flexibility index (Phi) is 5.81. The average molecular weight is 333 g/mol. The monoisotopic (exact) mass is 333 g/mol. The van der Waals surface area contributed by atoms with Gasteiger partial charge in [-0.25, -0.2) is 0 Å². The number of aliphatic hydroxyl groups is 1. The summed E-state index contributed by atoms with van der Waals surface area (Å²) in [5, 5.41) is 19.0. The van der Waals surface area contributed by atoms with E-state index in [1.807, 2.05) is 13.8 Å². The minimum atomic E-state index is -0.321. The Labute approximate surface area is 141 Å². The number of hydrogen-bond donors (Lipinski definition) is 3. The topological polar surface area (TPSA) is 96.5 Å². The van der Waals surface area contributed by atoms with E-state index in [0.29, 0.717) is 28.3 Å². The molecule has 1 amide bonds. The van der Waals surface area contributed by atoms with Gasteiger partial charge in [0.05, 0.1) is 44.3 Å². The van der Waals surface area contributed by atoms with Crippen molar-refractivity contribution in [1.29, 1.82) is 0 Å². The maximum atomic E-state index is 12.5. The fourth-order valence-corrected chi connectivity index (χ4v) is 2.34. The molecule has 0 saturated carbocycles. The van der Waals surface area contributed by atoms with Gasteiger partial charge in [-0.15, -0.1) is 0 Å². The van der Waals surface area contributed by atoms with E-state index in [9.17, 15) is 9.90 Å². The molecule has 130 valence electrons. The number of aromatic nitrogens is 2. The van der Waals surface area contributed by atoms with Crippen LogP contribution in [-0.2, 0) is 0 Å². The Morgan fingerprint density at radius 1 is 1.33 bits per heavy atom. The quantitative estimate of drug-likeness (QED) is 0.718. The highest BCUT2D eigenvalue weighted by atomic mass is 16.5. The predicted molar refractivity (Wildman–Crippen MR) is 90.3 cm³/mol. The zero-order valence-corrected chi connectivity index (χ0v) is 14.3. The Balaban J connectivity index is 2.35. The summed E-state index contributed by atoms with van der Waals surface area (Å²) in [5.74, 6) is 1.03. The third-order valence-electron chi connectivity index (χ3n) is 3.88. The zero-order valence-electron chi connectivity index (χ0n) is 14.3. The van der Waals surface area contributed by atoms with Gasteiger partial charge >= 0.3 is 0 Å². The molecular weight excluding hydrogens is 310 g/mol. The largest absolute Gasteiger partial charge is 0.497 e. The molecule has 1 unspecified atom stereocenters. The van der Waals surface area contributed by atoms with Crippen molar-refractivity contribution in [1.82, 2.24) is 15.5 Å². The molecule has 0 bridgehead atoms. The number of carbonyl (C=O) groups is 1. The summed E-state index contributed by atoms with van der Waals surface area (Å²) >= 11 is 0. The van der Waals surface area contributed by atoms with Crippen LogP contribution in [-0.4, -0.2) is 48.1 Å². The van der Waals surface area contributed by atoms with Gasteiger partial charge in [-0.1, -0.05) is 13.8 Å². The third-order valence-corrected chi connectivity index (χ3v) is 3.88. The number of aromatic amines is 1. The van der Waals surface area contributed by atoms with E-state index < -0.39 is 0 Å². The molecule has 1 heterocycles. The van der Waals surface area contributed by atoms with Crippen LogP contribution in [0.2, 0.25) is 0 Å². The Hall–Kier alpha value is -2.54. The summed E-state index contributed by atoms with van der Waals surface area (Å²) < 4.78 is 10.6. The van der Waals surface area contributed by atoms with E-state index in [1.54, 1.807) is 32.4 Å². The van der Waals surface area contributed by atoms with Crippen LogP contribution < -0.4 is 14.8 Å². The molecular formula is C17H23N3O4. The molecule has 3 N–H and O–H groups in total. The molecule has 24 heavy (non-hydrogen) atoms. The number of rotatable bonds is 7. The first-order valence-electron chi connectivity index (χ1n) is 7.69. The average Bonchev–Trinajstić information content (AvgIpc) is 3.08. The predicted octanol–water partition coefficient (Wildman–Crippen LogP) is 1.84. The van der Waals surface area contributed by atoms with Crippen LogP contribution in [0.4, 0.5) is 0 Å². The normalized spacial score (nSPS) is 12.1. The third kappa shape index (κ3) is 3.68. The molecule has 1 atom stereocenters. The molecule has 1 aromatic carbocycles. The number of hydrogen-bond acceptors (Lipinski definition) is 5. The van der Waals surface area contributed by atoms with Crippen molar-refractivity contribution in [3.05, 3.63) is 30.0 Å². The molecule has 0 aliphatic carbocycles. The molecule has 0 saturated heterocycles. The highest BCUT2D eigenvalue weighted by molar-refractivity contribution is 6.00. The first kappa shape index (κ1) is 17.8. The van der Waals surface area contributed by atoms with Crippen LogP contribution in [0.25, 0.3) is 11.3 Å². The SMILES string of the molecule is COc1ccc(-c2[nH]ncc2C(=O)NC(CO)C(C)C)c(OC)c1. The van der Waals surface area contributed by atoms with Gasteiger partial charge in [-0.2, -0.15) is 5.10 Å². The van der Waals surface area contributed by atoms with Crippen molar-refractivity contribution in [3.63, 3.8) is 0 Å². The van der Waals surface area contributed by atoms with E-state index in [4.69, 9.17) is 9.47 Å². The minimum absolute atomic E-state index is 0.116. The number of carbonyl (C=O) groups excluding carboxylic acids is 1. The fourth-order valence-electron chi connectivity index (χ4n) is 2.34. The molecule has 0 aliphatic heterocycles. The van der Waals surface area contributed by atoms with Crippen molar-refractivity contribution < 1.29 is 19.4 Å². The number of nitrogens with zero attached hydrogens (tertiary/aromatic N) is 1. The first-order chi connectivity index (χ1) is 11.5. The molecule has 0 aliphatic rings. The molecule has 1 aromatic heterocycles. The molecule has 0 spiro atoms. The molecule has 7 nitrogen and oxygen atoms in total. The van der Waals surface area contributed by atoms with E-state index >= 15 is 0 Å². The summed E-state index contributed by atoms with van der Waals surface area (Å²) in [6.45, 7) is 3.75. The maximum absolute atomic E-state index is 12.5. The number of nitrogens with one attached hydrogen (secondary N) is 2. The van der Waals surface area contributed by atoms with Gasteiger partial charge in [0.25, 0.3) is 5.91 Å². The van der Waals surface area contributed by atoms with E-state index in [0.717, 1.165) is 0 Å². The molecule has 2 rings (SSSR count). The standard InChI is InChI=1S/C17H23N3O4/c1-10(2)14(9-21)19-17(22)13-8-18-20-16(13)12-6-5-11(23-3)7-15(12)24-4/h5-8,10,14,21H,9H2,1-4H3,(H,18,20)(H,19,22). The van der Waals surface area contributed by atoms with Gasteiger partial charge in [0.15, 0.2) is 0 Å². The first-order valence-corrected chi connectivity index (χ1v) is 7.69. The van der Waals surface area contributed by atoms with Crippen molar-refractivity contribution in [2.24, 2.45) is 5.92 Å². The van der Waals surface area contributed by atoms with Gasteiger partial charge in [0, 0.05) is 11.6 Å². The Morgan fingerprint density at radius 3 is 2.67 bits per heavy atom. The summed E-state index contributed by atoms with van der Waals surface area (Å²) in [4.78, 5) is 12.5. The molecule has 0 fully saturated rings. The Bertz CT molecular complexity index is 697. The number of benzene rings is 1. The highest BCUT2D eigenvalue weighted by Crippen LogP contribution is 2.33. The van der Waals surface area contributed by atoms with E-state index in [2.05, 4.69) is 15.5 Å². The van der Waals surface area contributed by atoms with Gasteiger partial charge < -0.3 is 19.9 Å². The van der Waals surface area contributed by atoms with E-state index in [-0.39, 0.29) is 24.5 Å². The van der Waals surface area contributed by atoms with Crippen LogP contribution in [0.1, 0.15) is 24.2 Å². The zero-order chi connectivity index (χ0) is 17.7. The smallest absolute Gasteiger partial charge is 0.255 e. The maximum Gasteiger partial charge on any atom is 0.255 e. The van der Waals surface area contributed by atoms with Gasteiger partial charge in [-0.05, 0) is 18.1 Å². The fraction of sp³-hybridized carbons (Fsp3) is 0.412. The second-order valence-electron chi connectivity index (χ2n) is 5.73. The number of aliphatic hydroxyl groups excluding tert-OH is 1. The van der Waals surface area contributed by atoms with Crippen molar-refractivity contribution in [2.75, 3.05) is 20.8 Å². The van der Waals surface area contributed by atoms with Gasteiger partial charge in [0.2, 0.25) is 0 Å². The molecule has 0 radical (unpaired) electrons. The summed E-state index contributed by atoms with van der Waals surface area (Å²) in [6, 6.07) is 5.00. The van der Waals surface area contributed by atoms with Crippen molar-refractivity contribution >= 4 is 5.91 Å².